The number of anilines is 1. The summed E-state index contributed by atoms with van der Waals surface area (Å²) in [5, 5.41) is 2.73. The number of nitrogens with zero attached hydrogens (tertiary/aromatic N) is 1. The van der Waals surface area contributed by atoms with Gasteiger partial charge in [-0.2, -0.15) is 0 Å². The van der Waals surface area contributed by atoms with Crippen LogP contribution in [0.2, 0.25) is 0 Å². The van der Waals surface area contributed by atoms with Crippen LogP contribution in [0.4, 0.5) is 5.69 Å². The molecule has 0 spiro atoms. The van der Waals surface area contributed by atoms with Gasteiger partial charge in [0.25, 0.3) is 11.8 Å². The second-order valence-electron chi connectivity index (χ2n) is 6.70. The molecular weight excluding hydrogens is 372 g/mol. The maximum atomic E-state index is 12.3. The Morgan fingerprint density at radius 1 is 0.897 bits per heavy atom. The fourth-order valence-electron chi connectivity index (χ4n) is 3.27. The van der Waals surface area contributed by atoms with Crippen LogP contribution in [0.1, 0.15) is 56.8 Å². The number of fused-ring (bicyclic) bond motifs is 1. The van der Waals surface area contributed by atoms with Crippen molar-refractivity contribution in [3.63, 3.8) is 0 Å². The number of hydrogen-bond acceptors (Lipinski definition) is 5. The van der Waals surface area contributed by atoms with Crippen molar-refractivity contribution in [1.82, 2.24) is 4.90 Å². The molecule has 1 aliphatic heterocycles. The highest BCUT2D eigenvalue weighted by Gasteiger charge is 2.34. The molecular formula is C22H22N2O5. The lowest BCUT2D eigenvalue weighted by Crippen LogP contribution is -2.30. The van der Waals surface area contributed by atoms with Gasteiger partial charge >= 0.3 is 5.97 Å². The topological polar surface area (TPSA) is 92.8 Å². The van der Waals surface area contributed by atoms with Gasteiger partial charge in [-0.15, -0.1) is 0 Å². The number of nitrogens with one attached hydrogen (secondary N) is 1. The quantitative estimate of drug-likeness (QED) is 0.421. The van der Waals surface area contributed by atoms with Crippen molar-refractivity contribution in [2.24, 2.45) is 0 Å². The maximum absolute atomic E-state index is 12.3. The predicted molar refractivity (Wildman–Crippen MR) is 107 cm³/mol. The Bertz CT molecular complexity index is 919. The summed E-state index contributed by atoms with van der Waals surface area (Å²) < 4.78 is 4.71. The van der Waals surface area contributed by atoms with E-state index in [-0.39, 0.29) is 24.1 Å². The van der Waals surface area contributed by atoms with E-state index in [4.69, 9.17) is 4.74 Å². The largest absolute Gasteiger partial charge is 0.465 e. The van der Waals surface area contributed by atoms with Crippen LogP contribution in [0.3, 0.4) is 0 Å². The first kappa shape index (κ1) is 20.3. The number of carbonyl (C=O) groups is 4. The van der Waals surface area contributed by atoms with E-state index < -0.39 is 5.97 Å². The van der Waals surface area contributed by atoms with Crippen molar-refractivity contribution in [1.29, 1.82) is 0 Å². The van der Waals surface area contributed by atoms with E-state index in [0.29, 0.717) is 48.2 Å². The fourth-order valence-corrected chi connectivity index (χ4v) is 3.27. The third kappa shape index (κ3) is 4.51. The van der Waals surface area contributed by atoms with Gasteiger partial charge in [0, 0.05) is 13.0 Å². The average molecular weight is 394 g/mol. The molecule has 0 radical (unpaired) electrons. The summed E-state index contributed by atoms with van der Waals surface area (Å²) in [5.41, 5.74) is 1.60. The monoisotopic (exact) mass is 394 g/mol. The molecule has 0 fully saturated rings. The molecule has 0 aromatic heterocycles. The van der Waals surface area contributed by atoms with Gasteiger partial charge in [-0.3, -0.25) is 19.3 Å². The zero-order valence-corrected chi connectivity index (χ0v) is 16.1. The van der Waals surface area contributed by atoms with Gasteiger partial charge in [-0.1, -0.05) is 30.7 Å². The van der Waals surface area contributed by atoms with E-state index >= 15 is 0 Å². The molecule has 0 bridgehead atoms. The van der Waals surface area contributed by atoms with E-state index in [9.17, 15) is 19.2 Å². The number of hydrogen-bond donors (Lipinski definition) is 1. The van der Waals surface area contributed by atoms with Gasteiger partial charge in [0.2, 0.25) is 5.91 Å². The maximum Gasteiger partial charge on any atom is 0.339 e. The molecule has 3 rings (SSSR count). The first-order chi connectivity index (χ1) is 14.0. The molecule has 0 saturated heterocycles. The molecule has 0 atom stereocenters. The third-order valence-electron chi connectivity index (χ3n) is 4.77. The van der Waals surface area contributed by atoms with Crippen molar-refractivity contribution in [2.75, 3.05) is 19.0 Å². The number of carbonyl (C=O) groups excluding carboxylic acids is 4. The minimum Gasteiger partial charge on any atom is -0.465 e. The average Bonchev–Trinajstić information content (AvgIpc) is 2.98. The number of para-hydroxylation sites is 1. The molecule has 0 unspecified atom stereocenters. The molecule has 2 aromatic rings. The molecule has 7 heteroatoms. The molecule has 29 heavy (non-hydrogen) atoms. The standard InChI is InChI=1S/C22H22N2O5/c1-29-22(28)17-11-6-7-12-18(17)23-19(25)13-3-2-8-14-24-20(26)15-9-4-5-10-16(15)21(24)27/h4-7,9-12H,2-3,8,13-14H2,1H3,(H,23,25). The van der Waals surface area contributed by atoms with E-state index in [2.05, 4.69) is 5.32 Å². The number of imide groups is 1. The molecule has 3 amide bonds. The van der Waals surface area contributed by atoms with Crippen molar-refractivity contribution >= 4 is 29.4 Å². The highest BCUT2D eigenvalue weighted by molar-refractivity contribution is 6.21. The Morgan fingerprint density at radius 3 is 2.17 bits per heavy atom. The Hall–Kier alpha value is -3.48. The summed E-state index contributed by atoms with van der Waals surface area (Å²) in [5.74, 6) is -1.24. The lowest BCUT2D eigenvalue weighted by Gasteiger charge is -2.13. The molecule has 1 heterocycles. The lowest BCUT2D eigenvalue weighted by molar-refractivity contribution is -0.116. The van der Waals surface area contributed by atoms with Crippen molar-refractivity contribution in [2.45, 2.75) is 25.7 Å². The van der Waals surface area contributed by atoms with Crippen LogP contribution in [0, 0.1) is 0 Å². The Labute approximate surface area is 168 Å². The number of ether oxygens (including phenoxy) is 1. The number of amides is 3. The highest BCUT2D eigenvalue weighted by atomic mass is 16.5. The van der Waals surface area contributed by atoms with Crippen LogP contribution in [0.15, 0.2) is 48.5 Å². The van der Waals surface area contributed by atoms with Crippen LogP contribution < -0.4 is 5.32 Å². The van der Waals surface area contributed by atoms with Crippen molar-refractivity contribution in [3.05, 3.63) is 65.2 Å². The minimum atomic E-state index is -0.512. The van der Waals surface area contributed by atoms with Crippen LogP contribution in [-0.4, -0.2) is 42.2 Å². The van der Waals surface area contributed by atoms with Crippen LogP contribution in [0.25, 0.3) is 0 Å². The minimum absolute atomic E-state index is 0.206. The van der Waals surface area contributed by atoms with Crippen LogP contribution in [0.5, 0.6) is 0 Å². The summed E-state index contributed by atoms with van der Waals surface area (Å²) >= 11 is 0. The van der Waals surface area contributed by atoms with E-state index in [0.717, 1.165) is 0 Å². The number of rotatable bonds is 8. The lowest BCUT2D eigenvalue weighted by atomic mass is 10.1. The van der Waals surface area contributed by atoms with Gasteiger partial charge in [-0.05, 0) is 37.1 Å². The first-order valence-corrected chi connectivity index (χ1v) is 9.45. The van der Waals surface area contributed by atoms with E-state index in [1.807, 2.05) is 0 Å². The first-order valence-electron chi connectivity index (χ1n) is 9.45. The Balaban J connectivity index is 1.43. The van der Waals surface area contributed by atoms with Gasteiger partial charge in [0.15, 0.2) is 0 Å². The zero-order chi connectivity index (χ0) is 20.8. The number of methoxy groups -OCH3 is 1. The molecule has 7 nitrogen and oxygen atoms in total. The number of unbranched alkanes of at least 4 members (excludes halogenated alkanes) is 2. The second kappa shape index (κ2) is 9.14. The van der Waals surface area contributed by atoms with E-state index in [1.54, 1.807) is 48.5 Å². The summed E-state index contributed by atoms with van der Waals surface area (Å²) in [6.45, 7) is 0.332. The van der Waals surface area contributed by atoms with Gasteiger partial charge in [-0.25, -0.2) is 4.79 Å². The fraction of sp³-hybridized carbons (Fsp3) is 0.273. The molecule has 0 saturated carbocycles. The Morgan fingerprint density at radius 2 is 1.52 bits per heavy atom. The van der Waals surface area contributed by atoms with E-state index in [1.165, 1.54) is 12.0 Å². The van der Waals surface area contributed by atoms with Crippen molar-refractivity contribution < 1.29 is 23.9 Å². The molecule has 0 aliphatic carbocycles. The molecule has 1 aliphatic rings. The zero-order valence-electron chi connectivity index (χ0n) is 16.1. The summed E-state index contributed by atoms with van der Waals surface area (Å²) in [6, 6.07) is 13.5. The van der Waals surface area contributed by atoms with Crippen molar-refractivity contribution in [3.8, 4) is 0 Å². The Kier molecular flexibility index (Phi) is 6.39. The van der Waals surface area contributed by atoms with Gasteiger partial charge in [0.05, 0.1) is 29.5 Å². The molecule has 150 valence electrons. The number of benzene rings is 2. The highest BCUT2D eigenvalue weighted by Crippen LogP contribution is 2.23. The SMILES string of the molecule is COC(=O)c1ccccc1NC(=O)CCCCCN1C(=O)c2ccccc2C1=O. The van der Waals surface area contributed by atoms with Crippen LogP contribution in [-0.2, 0) is 9.53 Å². The van der Waals surface area contributed by atoms with Gasteiger partial charge in [0.1, 0.15) is 0 Å². The smallest absolute Gasteiger partial charge is 0.339 e. The molecule has 2 aromatic carbocycles. The molecule has 1 N–H and O–H groups in total. The third-order valence-corrected chi connectivity index (χ3v) is 4.77. The summed E-state index contributed by atoms with van der Waals surface area (Å²) in [4.78, 5) is 49.8. The summed E-state index contributed by atoms with van der Waals surface area (Å²) in [6.07, 6.45) is 2.20. The van der Waals surface area contributed by atoms with Crippen LogP contribution >= 0.6 is 0 Å². The number of esters is 1. The van der Waals surface area contributed by atoms with Gasteiger partial charge < -0.3 is 10.1 Å². The predicted octanol–water partition coefficient (Wildman–Crippen LogP) is 3.27. The summed E-state index contributed by atoms with van der Waals surface area (Å²) in [7, 11) is 1.29. The second-order valence-corrected chi connectivity index (χ2v) is 6.70. The normalized spacial score (nSPS) is 12.7.